The van der Waals surface area contributed by atoms with Gasteiger partial charge in [0.05, 0.1) is 17.8 Å². The number of nitrogens with two attached hydrogens (primary N) is 1. The Morgan fingerprint density at radius 3 is 2.95 bits per heavy atom. The van der Waals surface area contributed by atoms with E-state index < -0.39 is 0 Å². The molecule has 0 spiro atoms. The third-order valence-electron chi connectivity index (χ3n) is 3.43. The molecule has 0 unspecified atom stereocenters. The van der Waals surface area contributed by atoms with Crippen molar-refractivity contribution in [2.75, 3.05) is 32.8 Å². The average Bonchev–Trinajstić information content (AvgIpc) is 2.46. The molecule has 0 radical (unpaired) electrons. The summed E-state index contributed by atoms with van der Waals surface area (Å²) in [5.74, 6) is 5.37. The van der Waals surface area contributed by atoms with Gasteiger partial charge in [0.1, 0.15) is 12.4 Å². The van der Waals surface area contributed by atoms with Crippen molar-refractivity contribution in [2.45, 2.75) is 19.4 Å². The lowest BCUT2D eigenvalue weighted by atomic mass is 10.1. The fourth-order valence-corrected chi connectivity index (χ4v) is 2.45. The van der Waals surface area contributed by atoms with E-state index in [2.05, 4.69) is 24.2 Å². The molecule has 1 amide bonds. The van der Waals surface area contributed by atoms with Gasteiger partial charge in [-0.05, 0) is 26.0 Å². The number of hydrogen-bond acceptors (Lipinski definition) is 5. The summed E-state index contributed by atoms with van der Waals surface area (Å²) >= 11 is 0. The lowest BCUT2D eigenvalue weighted by Crippen LogP contribution is -2.49. The van der Waals surface area contributed by atoms with Crippen molar-refractivity contribution in [1.29, 1.82) is 0 Å². The summed E-state index contributed by atoms with van der Waals surface area (Å²) in [5.41, 5.74) is 2.46. The van der Waals surface area contributed by atoms with Crippen molar-refractivity contribution < 1.29 is 14.3 Å². The first-order valence-electron chi connectivity index (χ1n) is 7.11. The number of carbonyl (C=O) groups is 1. The van der Waals surface area contributed by atoms with Crippen LogP contribution in [0.25, 0.3) is 0 Å². The second kappa shape index (κ2) is 6.89. The van der Waals surface area contributed by atoms with Crippen LogP contribution in [0.4, 0.5) is 0 Å². The molecule has 1 heterocycles. The Morgan fingerprint density at radius 2 is 2.24 bits per heavy atom. The molecule has 0 atom stereocenters. The topological polar surface area (TPSA) is 76.8 Å². The quantitative estimate of drug-likeness (QED) is 0.476. The maximum absolute atomic E-state index is 11.6. The molecular weight excluding hydrogens is 270 g/mol. The van der Waals surface area contributed by atoms with Crippen molar-refractivity contribution in [3.05, 3.63) is 29.8 Å². The Bertz CT molecular complexity index is 491. The van der Waals surface area contributed by atoms with Gasteiger partial charge in [0.25, 0.3) is 5.91 Å². The van der Waals surface area contributed by atoms with Crippen molar-refractivity contribution in [1.82, 2.24) is 10.3 Å². The van der Waals surface area contributed by atoms with Gasteiger partial charge in [-0.25, -0.2) is 5.84 Å². The second-order valence-electron chi connectivity index (χ2n) is 5.70. The van der Waals surface area contributed by atoms with Crippen LogP contribution in [0.3, 0.4) is 0 Å². The van der Waals surface area contributed by atoms with E-state index in [4.69, 9.17) is 15.3 Å². The van der Waals surface area contributed by atoms with Crippen molar-refractivity contribution in [2.24, 2.45) is 5.84 Å². The number of nitrogens with one attached hydrogen (secondary N) is 1. The van der Waals surface area contributed by atoms with Gasteiger partial charge in [-0.1, -0.05) is 12.1 Å². The van der Waals surface area contributed by atoms with Crippen LogP contribution in [-0.4, -0.2) is 49.3 Å². The maximum atomic E-state index is 11.6. The predicted molar refractivity (Wildman–Crippen MR) is 80.1 cm³/mol. The van der Waals surface area contributed by atoms with Crippen molar-refractivity contribution in [3.63, 3.8) is 0 Å². The van der Waals surface area contributed by atoms with E-state index in [0.717, 1.165) is 26.2 Å². The molecule has 2 rings (SSSR count). The van der Waals surface area contributed by atoms with Crippen LogP contribution >= 0.6 is 0 Å². The molecular formula is C15H23N3O3. The summed E-state index contributed by atoms with van der Waals surface area (Å²) < 4.78 is 11.4. The number of amides is 1. The van der Waals surface area contributed by atoms with Gasteiger partial charge in [-0.3, -0.25) is 15.1 Å². The third kappa shape index (κ3) is 4.42. The van der Waals surface area contributed by atoms with Crippen LogP contribution in [0.15, 0.2) is 24.3 Å². The largest absolute Gasteiger partial charge is 0.491 e. The highest BCUT2D eigenvalue weighted by molar-refractivity contribution is 5.96. The molecule has 1 fully saturated rings. The molecule has 6 nitrogen and oxygen atoms in total. The highest BCUT2D eigenvalue weighted by Crippen LogP contribution is 2.19. The first kappa shape index (κ1) is 15.8. The van der Waals surface area contributed by atoms with Gasteiger partial charge in [-0.2, -0.15) is 0 Å². The van der Waals surface area contributed by atoms with Gasteiger partial charge in [0.2, 0.25) is 0 Å². The van der Waals surface area contributed by atoms with Gasteiger partial charge < -0.3 is 9.47 Å². The molecule has 0 aliphatic carbocycles. The molecule has 116 valence electrons. The average molecular weight is 293 g/mol. The summed E-state index contributed by atoms with van der Waals surface area (Å²) in [7, 11) is 0. The van der Waals surface area contributed by atoms with E-state index >= 15 is 0 Å². The Labute approximate surface area is 125 Å². The van der Waals surface area contributed by atoms with E-state index in [9.17, 15) is 4.79 Å². The first-order valence-corrected chi connectivity index (χ1v) is 7.11. The molecule has 0 saturated carbocycles. The standard InChI is InChI=1S/C15H23N3O3/c1-15(2)11-18(8-10-21-15)7-9-20-13-6-4-3-5-12(13)14(19)17-16/h3-6H,7-11,16H2,1-2H3,(H,17,19). The van der Waals surface area contributed by atoms with Crippen molar-refractivity contribution >= 4 is 5.91 Å². The lowest BCUT2D eigenvalue weighted by molar-refractivity contribution is -0.0875. The van der Waals surface area contributed by atoms with Gasteiger partial charge >= 0.3 is 0 Å². The van der Waals surface area contributed by atoms with E-state index in [1.165, 1.54) is 0 Å². The van der Waals surface area contributed by atoms with E-state index in [0.29, 0.717) is 17.9 Å². The van der Waals surface area contributed by atoms with E-state index in [-0.39, 0.29) is 11.5 Å². The van der Waals surface area contributed by atoms with Crippen LogP contribution in [0.1, 0.15) is 24.2 Å². The second-order valence-corrected chi connectivity index (χ2v) is 5.70. The Morgan fingerprint density at radius 1 is 1.48 bits per heavy atom. The number of benzene rings is 1. The predicted octanol–water partition coefficient (Wildman–Crippen LogP) is 0.780. The zero-order valence-electron chi connectivity index (χ0n) is 12.6. The third-order valence-corrected chi connectivity index (χ3v) is 3.43. The molecule has 1 aliphatic heterocycles. The highest BCUT2D eigenvalue weighted by Gasteiger charge is 2.26. The molecule has 0 bridgehead atoms. The molecule has 6 heteroatoms. The summed E-state index contributed by atoms with van der Waals surface area (Å²) in [6.45, 7) is 8.00. The minimum Gasteiger partial charge on any atom is -0.491 e. The number of nitrogen functional groups attached to an aromatic ring is 1. The van der Waals surface area contributed by atoms with Crippen LogP contribution < -0.4 is 16.0 Å². The van der Waals surface area contributed by atoms with Gasteiger partial charge in [0, 0.05) is 19.6 Å². The Balaban J connectivity index is 1.88. The zero-order valence-corrected chi connectivity index (χ0v) is 12.6. The molecule has 3 N–H and O–H groups in total. The summed E-state index contributed by atoms with van der Waals surface area (Å²) in [5, 5.41) is 0. The number of hydrogen-bond donors (Lipinski definition) is 2. The number of nitrogens with zero attached hydrogens (tertiary/aromatic N) is 1. The lowest BCUT2D eigenvalue weighted by Gasteiger charge is -2.38. The first-order chi connectivity index (χ1) is 10.0. The number of rotatable bonds is 5. The number of hydrazine groups is 1. The van der Waals surface area contributed by atoms with Crippen LogP contribution in [0.5, 0.6) is 5.75 Å². The Hall–Kier alpha value is -1.63. The molecule has 0 aromatic heterocycles. The molecule has 1 aromatic carbocycles. The summed E-state index contributed by atoms with van der Waals surface area (Å²) in [6, 6.07) is 7.08. The van der Waals surface area contributed by atoms with E-state index in [1.807, 2.05) is 6.07 Å². The number of ether oxygens (including phenoxy) is 2. The highest BCUT2D eigenvalue weighted by atomic mass is 16.5. The number of morpholine rings is 1. The smallest absolute Gasteiger partial charge is 0.268 e. The zero-order chi connectivity index (χ0) is 15.3. The molecule has 1 saturated heterocycles. The van der Waals surface area contributed by atoms with Crippen LogP contribution in [0, 0.1) is 0 Å². The monoisotopic (exact) mass is 293 g/mol. The van der Waals surface area contributed by atoms with Gasteiger partial charge in [-0.15, -0.1) is 0 Å². The fraction of sp³-hybridized carbons (Fsp3) is 0.533. The fourth-order valence-electron chi connectivity index (χ4n) is 2.45. The minimum atomic E-state index is -0.349. The van der Waals surface area contributed by atoms with E-state index in [1.54, 1.807) is 18.2 Å². The molecule has 1 aliphatic rings. The molecule has 21 heavy (non-hydrogen) atoms. The summed E-state index contributed by atoms with van der Waals surface area (Å²) in [4.78, 5) is 13.9. The van der Waals surface area contributed by atoms with Crippen molar-refractivity contribution in [3.8, 4) is 5.75 Å². The SMILES string of the molecule is CC1(C)CN(CCOc2ccccc2C(=O)NN)CCO1. The number of carbonyl (C=O) groups excluding carboxylic acids is 1. The Kier molecular flexibility index (Phi) is 5.17. The number of para-hydroxylation sites is 1. The normalized spacial score (nSPS) is 18.2. The maximum Gasteiger partial charge on any atom is 0.268 e. The minimum absolute atomic E-state index is 0.115. The van der Waals surface area contributed by atoms with Gasteiger partial charge in [0.15, 0.2) is 0 Å². The molecule has 1 aromatic rings. The van der Waals surface area contributed by atoms with Crippen LogP contribution in [0.2, 0.25) is 0 Å². The summed E-state index contributed by atoms with van der Waals surface area (Å²) in [6.07, 6.45) is 0. The van der Waals surface area contributed by atoms with Crippen LogP contribution in [-0.2, 0) is 4.74 Å².